The number of hydrogen-bond donors (Lipinski definition) is 3. The van der Waals surface area contributed by atoms with E-state index in [1.54, 1.807) is 42.5 Å². The second kappa shape index (κ2) is 8.52. The van der Waals surface area contributed by atoms with Crippen LogP contribution < -0.4 is 10.6 Å². The highest BCUT2D eigenvalue weighted by atomic mass is 16.4. The maximum absolute atomic E-state index is 12.7. The third-order valence-electron chi connectivity index (χ3n) is 4.83. The van der Waals surface area contributed by atoms with E-state index in [0.717, 1.165) is 5.56 Å². The zero-order valence-electron chi connectivity index (χ0n) is 15.5. The van der Waals surface area contributed by atoms with Crippen molar-refractivity contribution in [2.75, 3.05) is 10.6 Å². The molecule has 0 spiro atoms. The summed E-state index contributed by atoms with van der Waals surface area (Å²) < 4.78 is 0. The van der Waals surface area contributed by atoms with Crippen molar-refractivity contribution in [2.24, 2.45) is 11.8 Å². The zero-order chi connectivity index (χ0) is 20.1. The fraction of sp³-hybridized carbons (Fsp3) is 0.227. The Balaban J connectivity index is 1.77. The minimum atomic E-state index is -0.991. The predicted molar refractivity (Wildman–Crippen MR) is 107 cm³/mol. The van der Waals surface area contributed by atoms with Crippen LogP contribution in [0.4, 0.5) is 11.4 Å². The van der Waals surface area contributed by atoms with Crippen LogP contribution in [0, 0.1) is 18.8 Å². The number of carboxylic acids is 1. The number of allylic oxidation sites excluding steroid dienone is 2. The molecule has 0 saturated carbocycles. The van der Waals surface area contributed by atoms with E-state index in [0.29, 0.717) is 29.8 Å². The van der Waals surface area contributed by atoms with E-state index in [9.17, 15) is 19.5 Å². The Kier molecular flexibility index (Phi) is 5.89. The van der Waals surface area contributed by atoms with Gasteiger partial charge in [-0.15, -0.1) is 0 Å². The Bertz CT molecular complexity index is 918. The van der Waals surface area contributed by atoms with Crippen LogP contribution >= 0.6 is 0 Å². The van der Waals surface area contributed by atoms with Gasteiger partial charge in [-0.05, 0) is 44.0 Å². The Morgan fingerprint density at radius 3 is 2.21 bits per heavy atom. The molecule has 3 N–H and O–H groups in total. The van der Waals surface area contributed by atoms with Crippen LogP contribution in [0.5, 0.6) is 0 Å². The molecule has 0 aromatic heterocycles. The van der Waals surface area contributed by atoms with Gasteiger partial charge in [-0.1, -0.05) is 42.0 Å². The number of amides is 2. The van der Waals surface area contributed by atoms with Gasteiger partial charge in [-0.2, -0.15) is 0 Å². The molecule has 3 rings (SSSR count). The van der Waals surface area contributed by atoms with Crippen molar-refractivity contribution in [1.29, 1.82) is 0 Å². The first kappa shape index (κ1) is 19.4. The Hall–Kier alpha value is -3.41. The standard InChI is InChI=1S/C22H22N2O4/c1-14-10-12-15(13-11-14)23-21(26)18-8-4-5-9-19(18)24-20(25)16-6-2-3-7-17(16)22(27)28/h2-5,8-13,16-17H,6-7H2,1H3,(H,23,26)(H,24,25)(H,27,28)/t16-,17-/m1/s1. The molecule has 2 aromatic carbocycles. The van der Waals surface area contributed by atoms with Gasteiger partial charge >= 0.3 is 5.97 Å². The number of aliphatic carboxylic acids is 1. The average Bonchev–Trinajstić information content (AvgIpc) is 2.70. The Labute approximate surface area is 163 Å². The Morgan fingerprint density at radius 1 is 0.893 bits per heavy atom. The molecule has 28 heavy (non-hydrogen) atoms. The molecule has 1 aliphatic carbocycles. The van der Waals surface area contributed by atoms with Crippen molar-refractivity contribution in [3.8, 4) is 0 Å². The summed E-state index contributed by atoms with van der Waals surface area (Å²) in [6, 6.07) is 14.1. The molecule has 0 saturated heterocycles. The number of aryl methyl sites for hydroxylation is 1. The van der Waals surface area contributed by atoms with Crippen molar-refractivity contribution in [1.82, 2.24) is 0 Å². The minimum Gasteiger partial charge on any atom is -0.481 e. The summed E-state index contributed by atoms with van der Waals surface area (Å²) in [5.74, 6) is -3.17. The van der Waals surface area contributed by atoms with E-state index < -0.39 is 23.7 Å². The molecular weight excluding hydrogens is 356 g/mol. The number of para-hydroxylation sites is 1. The van der Waals surface area contributed by atoms with Crippen molar-refractivity contribution in [3.63, 3.8) is 0 Å². The predicted octanol–water partition coefficient (Wildman–Crippen LogP) is 3.85. The van der Waals surface area contributed by atoms with Crippen molar-refractivity contribution < 1.29 is 19.5 Å². The molecule has 2 amide bonds. The average molecular weight is 378 g/mol. The second-order valence-corrected chi connectivity index (χ2v) is 6.85. The van der Waals surface area contributed by atoms with Gasteiger partial charge in [0.05, 0.1) is 23.1 Å². The SMILES string of the molecule is Cc1ccc(NC(=O)c2ccccc2NC(=O)[C@@H]2CC=CC[C@H]2C(=O)O)cc1. The molecule has 6 nitrogen and oxygen atoms in total. The lowest BCUT2D eigenvalue weighted by molar-refractivity contribution is -0.146. The van der Waals surface area contributed by atoms with E-state index >= 15 is 0 Å². The molecule has 0 aliphatic heterocycles. The molecule has 0 radical (unpaired) electrons. The summed E-state index contributed by atoms with van der Waals surface area (Å²) in [6.07, 6.45) is 4.29. The largest absolute Gasteiger partial charge is 0.481 e. The summed E-state index contributed by atoms with van der Waals surface area (Å²) in [4.78, 5) is 36.8. The van der Waals surface area contributed by atoms with E-state index in [1.165, 1.54) is 0 Å². The number of carbonyl (C=O) groups is 3. The highest BCUT2D eigenvalue weighted by molar-refractivity contribution is 6.10. The maximum atomic E-state index is 12.7. The summed E-state index contributed by atoms with van der Waals surface area (Å²) in [5.41, 5.74) is 2.41. The molecule has 144 valence electrons. The lowest BCUT2D eigenvalue weighted by atomic mass is 9.82. The van der Waals surface area contributed by atoms with Crippen LogP contribution in [0.1, 0.15) is 28.8 Å². The molecule has 0 heterocycles. The molecule has 0 unspecified atom stereocenters. The van der Waals surface area contributed by atoms with Gasteiger partial charge in [-0.3, -0.25) is 14.4 Å². The van der Waals surface area contributed by atoms with Gasteiger partial charge in [0, 0.05) is 5.69 Å². The fourth-order valence-electron chi connectivity index (χ4n) is 3.23. The molecule has 0 fully saturated rings. The van der Waals surface area contributed by atoms with Gasteiger partial charge < -0.3 is 15.7 Å². The smallest absolute Gasteiger partial charge is 0.307 e. The quantitative estimate of drug-likeness (QED) is 0.689. The number of carboxylic acid groups (broad SMARTS) is 1. The van der Waals surface area contributed by atoms with Crippen LogP contribution in [-0.4, -0.2) is 22.9 Å². The van der Waals surface area contributed by atoms with Crippen LogP contribution in [0.25, 0.3) is 0 Å². The molecule has 6 heteroatoms. The number of benzene rings is 2. The van der Waals surface area contributed by atoms with Gasteiger partial charge in [0.2, 0.25) is 5.91 Å². The van der Waals surface area contributed by atoms with E-state index in [1.807, 2.05) is 25.1 Å². The van der Waals surface area contributed by atoms with Gasteiger partial charge in [0.1, 0.15) is 0 Å². The molecular formula is C22H22N2O4. The minimum absolute atomic E-state index is 0.314. The Morgan fingerprint density at radius 2 is 1.54 bits per heavy atom. The zero-order valence-corrected chi connectivity index (χ0v) is 15.5. The van der Waals surface area contributed by atoms with Crippen molar-refractivity contribution >= 4 is 29.2 Å². The topological polar surface area (TPSA) is 95.5 Å². The number of nitrogens with one attached hydrogen (secondary N) is 2. The first-order chi connectivity index (χ1) is 13.5. The maximum Gasteiger partial charge on any atom is 0.307 e. The third kappa shape index (κ3) is 4.46. The van der Waals surface area contributed by atoms with Crippen LogP contribution in [0.3, 0.4) is 0 Å². The van der Waals surface area contributed by atoms with Crippen molar-refractivity contribution in [2.45, 2.75) is 19.8 Å². The molecule has 1 aliphatic rings. The summed E-state index contributed by atoms with van der Waals surface area (Å²) >= 11 is 0. The third-order valence-corrected chi connectivity index (χ3v) is 4.83. The molecule has 2 aromatic rings. The molecule has 0 bridgehead atoms. The number of hydrogen-bond acceptors (Lipinski definition) is 3. The van der Waals surface area contributed by atoms with Gasteiger partial charge in [0.25, 0.3) is 5.91 Å². The summed E-state index contributed by atoms with van der Waals surface area (Å²) in [7, 11) is 0. The highest BCUT2D eigenvalue weighted by Gasteiger charge is 2.34. The summed E-state index contributed by atoms with van der Waals surface area (Å²) in [6.45, 7) is 1.96. The van der Waals surface area contributed by atoms with E-state index in [-0.39, 0.29) is 5.91 Å². The van der Waals surface area contributed by atoms with Crippen molar-refractivity contribution in [3.05, 3.63) is 71.8 Å². The first-order valence-corrected chi connectivity index (χ1v) is 9.11. The number of rotatable bonds is 5. The lowest BCUT2D eigenvalue weighted by Gasteiger charge is -2.24. The van der Waals surface area contributed by atoms with Gasteiger partial charge in [-0.25, -0.2) is 0 Å². The van der Waals surface area contributed by atoms with Crippen LogP contribution in [-0.2, 0) is 9.59 Å². The monoisotopic (exact) mass is 378 g/mol. The first-order valence-electron chi connectivity index (χ1n) is 9.11. The number of anilines is 2. The fourth-order valence-corrected chi connectivity index (χ4v) is 3.23. The van der Waals surface area contributed by atoms with E-state index in [2.05, 4.69) is 10.6 Å². The molecule has 2 atom stereocenters. The van der Waals surface area contributed by atoms with E-state index in [4.69, 9.17) is 0 Å². The second-order valence-electron chi connectivity index (χ2n) is 6.85. The summed E-state index contributed by atoms with van der Waals surface area (Å²) in [5, 5.41) is 14.9. The number of carbonyl (C=O) groups excluding carboxylic acids is 2. The normalized spacial score (nSPS) is 18.3. The van der Waals surface area contributed by atoms with Crippen LogP contribution in [0.2, 0.25) is 0 Å². The van der Waals surface area contributed by atoms with Gasteiger partial charge in [0.15, 0.2) is 0 Å². The highest BCUT2D eigenvalue weighted by Crippen LogP contribution is 2.28. The van der Waals surface area contributed by atoms with Crippen LogP contribution in [0.15, 0.2) is 60.7 Å². The lowest BCUT2D eigenvalue weighted by Crippen LogP contribution is -2.35.